The Labute approximate surface area is 174 Å². The first-order valence-electron chi connectivity index (χ1n) is 9.92. The molecule has 2 aromatic heterocycles. The number of anilines is 3. The monoisotopic (exact) mass is 406 g/mol. The van der Waals surface area contributed by atoms with Gasteiger partial charge in [-0.25, -0.2) is 14.4 Å². The fourth-order valence-electron chi connectivity index (χ4n) is 3.01. The number of pyridine rings is 1. The molecule has 1 saturated carbocycles. The molecular formula is C22H23FN6O. The second kappa shape index (κ2) is 8.86. The molecule has 1 aromatic carbocycles. The van der Waals surface area contributed by atoms with E-state index in [4.69, 9.17) is 0 Å². The van der Waals surface area contributed by atoms with Crippen LogP contribution in [0, 0.1) is 11.7 Å². The molecule has 4 rings (SSSR count). The molecule has 2 heterocycles. The number of hydrogen-bond acceptors (Lipinski definition) is 6. The summed E-state index contributed by atoms with van der Waals surface area (Å²) in [5, 5.41) is 9.35. The standard InChI is InChI=1S/C22H23FN6O/c1-14(16-4-6-18(23)7-5-16)27-19-10-17(22(30)26-12-15-2-3-15)11-20(28-19)29-21-13-24-8-9-25-21/h4-11,13-15H,2-3,12H2,1H3,(H,26,30)(H2,25,27,28,29). The van der Waals surface area contributed by atoms with E-state index in [0.717, 1.165) is 18.4 Å². The van der Waals surface area contributed by atoms with E-state index in [9.17, 15) is 9.18 Å². The van der Waals surface area contributed by atoms with Gasteiger partial charge in [0.25, 0.3) is 5.91 Å². The van der Waals surface area contributed by atoms with Crippen molar-refractivity contribution in [3.05, 3.63) is 71.9 Å². The van der Waals surface area contributed by atoms with E-state index >= 15 is 0 Å². The number of aromatic nitrogens is 3. The van der Waals surface area contributed by atoms with Gasteiger partial charge in [0, 0.05) is 30.5 Å². The largest absolute Gasteiger partial charge is 0.363 e. The van der Waals surface area contributed by atoms with Gasteiger partial charge in [0.2, 0.25) is 0 Å². The third kappa shape index (κ3) is 5.28. The van der Waals surface area contributed by atoms with E-state index in [0.29, 0.717) is 35.5 Å². The molecule has 3 N–H and O–H groups in total. The molecule has 7 nitrogen and oxygen atoms in total. The van der Waals surface area contributed by atoms with Crippen molar-refractivity contribution in [2.24, 2.45) is 5.92 Å². The fourth-order valence-corrected chi connectivity index (χ4v) is 3.01. The van der Waals surface area contributed by atoms with Crippen LogP contribution in [0.5, 0.6) is 0 Å². The summed E-state index contributed by atoms with van der Waals surface area (Å²) in [4.78, 5) is 25.4. The summed E-state index contributed by atoms with van der Waals surface area (Å²) >= 11 is 0. The van der Waals surface area contributed by atoms with E-state index in [1.807, 2.05) is 6.92 Å². The van der Waals surface area contributed by atoms with Gasteiger partial charge in [-0.3, -0.25) is 9.78 Å². The maximum absolute atomic E-state index is 13.2. The van der Waals surface area contributed by atoms with E-state index in [1.54, 1.807) is 42.9 Å². The highest BCUT2D eigenvalue weighted by Gasteiger charge is 2.22. The number of hydrogen-bond donors (Lipinski definition) is 3. The van der Waals surface area contributed by atoms with Gasteiger partial charge in [0.1, 0.15) is 23.3 Å². The highest BCUT2D eigenvalue weighted by Crippen LogP contribution is 2.28. The van der Waals surface area contributed by atoms with E-state index in [-0.39, 0.29) is 17.8 Å². The molecule has 1 aliphatic rings. The second-order valence-electron chi connectivity index (χ2n) is 7.41. The molecule has 1 aliphatic carbocycles. The van der Waals surface area contributed by atoms with Crippen molar-refractivity contribution >= 4 is 23.4 Å². The molecule has 1 unspecified atom stereocenters. The van der Waals surface area contributed by atoms with Crippen molar-refractivity contribution < 1.29 is 9.18 Å². The van der Waals surface area contributed by atoms with E-state index < -0.39 is 0 Å². The maximum Gasteiger partial charge on any atom is 0.251 e. The molecule has 8 heteroatoms. The molecule has 154 valence electrons. The van der Waals surface area contributed by atoms with Gasteiger partial charge in [-0.2, -0.15) is 0 Å². The molecule has 30 heavy (non-hydrogen) atoms. The number of nitrogens with one attached hydrogen (secondary N) is 3. The summed E-state index contributed by atoms with van der Waals surface area (Å²) < 4.78 is 13.2. The molecule has 0 radical (unpaired) electrons. The Balaban J connectivity index is 1.56. The van der Waals surface area contributed by atoms with Crippen LogP contribution in [0.25, 0.3) is 0 Å². The predicted molar refractivity (Wildman–Crippen MR) is 113 cm³/mol. The number of benzene rings is 1. The molecule has 0 aliphatic heterocycles. The number of rotatable bonds is 8. The van der Waals surface area contributed by atoms with Gasteiger partial charge >= 0.3 is 0 Å². The van der Waals surface area contributed by atoms with Crippen molar-refractivity contribution in [3.8, 4) is 0 Å². The van der Waals surface area contributed by atoms with Crippen LogP contribution in [0.15, 0.2) is 55.0 Å². The lowest BCUT2D eigenvalue weighted by atomic mass is 10.1. The van der Waals surface area contributed by atoms with Crippen LogP contribution in [0.2, 0.25) is 0 Å². The quantitative estimate of drug-likeness (QED) is 0.522. The first kappa shape index (κ1) is 19.8. The lowest BCUT2D eigenvalue weighted by molar-refractivity contribution is 0.0951. The van der Waals surface area contributed by atoms with E-state index in [2.05, 4.69) is 30.9 Å². The molecule has 1 atom stereocenters. The van der Waals surface area contributed by atoms with Gasteiger partial charge in [-0.05, 0) is 55.5 Å². The fraction of sp³-hybridized carbons (Fsp3) is 0.273. The highest BCUT2D eigenvalue weighted by molar-refractivity contribution is 5.95. The van der Waals surface area contributed by atoms with Gasteiger partial charge in [0.05, 0.1) is 6.20 Å². The number of amides is 1. The third-order valence-corrected chi connectivity index (χ3v) is 4.89. The zero-order valence-corrected chi connectivity index (χ0v) is 16.6. The van der Waals surface area contributed by atoms with Crippen molar-refractivity contribution in [1.29, 1.82) is 0 Å². The minimum atomic E-state index is -0.283. The SMILES string of the molecule is CC(Nc1cc(C(=O)NCC2CC2)cc(Nc2cnccn2)n1)c1ccc(F)cc1. The molecule has 1 amide bonds. The summed E-state index contributed by atoms with van der Waals surface area (Å²) in [6.07, 6.45) is 7.06. The predicted octanol–water partition coefficient (Wildman–Crippen LogP) is 4.07. The molecular weight excluding hydrogens is 383 g/mol. The minimum Gasteiger partial charge on any atom is -0.363 e. The topological polar surface area (TPSA) is 91.8 Å². The van der Waals surface area contributed by atoms with E-state index in [1.165, 1.54) is 12.1 Å². The Bertz CT molecular complexity index is 1010. The number of carbonyl (C=O) groups excluding carboxylic acids is 1. The van der Waals surface area contributed by atoms with Crippen LogP contribution in [-0.2, 0) is 0 Å². The normalized spacial score (nSPS) is 14.1. The number of carbonyl (C=O) groups is 1. The number of halogens is 1. The van der Waals surface area contributed by atoms with Crippen LogP contribution in [0.4, 0.5) is 21.8 Å². The smallest absolute Gasteiger partial charge is 0.251 e. The van der Waals surface area contributed by atoms with Gasteiger partial charge in [-0.15, -0.1) is 0 Å². The van der Waals surface area contributed by atoms with Crippen molar-refractivity contribution in [1.82, 2.24) is 20.3 Å². The molecule has 0 spiro atoms. The Morgan fingerprint density at radius 2 is 1.90 bits per heavy atom. The average Bonchev–Trinajstić information content (AvgIpc) is 3.57. The van der Waals surface area contributed by atoms with Crippen LogP contribution in [-0.4, -0.2) is 27.4 Å². The van der Waals surface area contributed by atoms with Crippen LogP contribution < -0.4 is 16.0 Å². The average molecular weight is 406 g/mol. The maximum atomic E-state index is 13.2. The molecule has 1 fully saturated rings. The summed E-state index contributed by atoms with van der Waals surface area (Å²) in [6, 6.07) is 9.55. The lowest BCUT2D eigenvalue weighted by Gasteiger charge is -2.17. The Hall–Kier alpha value is -3.55. The van der Waals surface area contributed by atoms with Crippen LogP contribution >= 0.6 is 0 Å². The first-order chi connectivity index (χ1) is 14.6. The van der Waals surface area contributed by atoms with Crippen molar-refractivity contribution in [2.75, 3.05) is 17.2 Å². The summed E-state index contributed by atoms with van der Waals surface area (Å²) in [7, 11) is 0. The Morgan fingerprint density at radius 3 is 2.60 bits per heavy atom. The third-order valence-electron chi connectivity index (χ3n) is 4.89. The molecule has 3 aromatic rings. The van der Waals surface area contributed by atoms with Gasteiger partial charge in [-0.1, -0.05) is 12.1 Å². The van der Waals surface area contributed by atoms with Crippen molar-refractivity contribution in [3.63, 3.8) is 0 Å². The summed E-state index contributed by atoms with van der Waals surface area (Å²) in [5.74, 6) is 1.68. The zero-order chi connectivity index (χ0) is 20.9. The Morgan fingerprint density at radius 1 is 1.13 bits per heavy atom. The highest BCUT2D eigenvalue weighted by atomic mass is 19.1. The summed E-state index contributed by atoms with van der Waals surface area (Å²) in [5.41, 5.74) is 1.40. The van der Waals surface area contributed by atoms with Gasteiger partial charge in [0.15, 0.2) is 0 Å². The first-order valence-corrected chi connectivity index (χ1v) is 9.92. The van der Waals surface area contributed by atoms with Crippen LogP contribution in [0.1, 0.15) is 41.7 Å². The Kier molecular flexibility index (Phi) is 5.83. The summed E-state index contributed by atoms with van der Waals surface area (Å²) in [6.45, 7) is 2.63. The second-order valence-corrected chi connectivity index (χ2v) is 7.41. The number of nitrogens with zero attached hydrogens (tertiary/aromatic N) is 3. The minimum absolute atomic E-state index is 0.132. The molecule has 0 saturated heterocycles. The van der Waals surface area contributed by atoms with Crippen LogP contribution in [0.3, 0.4) is 0 Å². The van der Waals surface area contributed by atoms with Crippen molar-refractivity contribution in [2.45, 2.75) is 25.8 Å². The zero-order valence-electron chi connectivity index (χ0n) is 16.6. The molecule has 0 bridgehead atoms. The van der Waals surface area contributed by atoms with Gasteiger partial charge < -0.3 is 16.0 Å². The lowest BCUT2D eigenvalue weighted by Crippen LogP contribution is -2.26.